The largest absolute Gasteiger partial charge is 0.416 e. The van der Waals surface area contributed by atoms with E-state index in [-0.39, 0.29) is 17.4 Å². The summed E-state index contributed by atoms with van der Waals surface area (Å²) in [6.45, 7) is 3.88. The number of hydrogen-bond donors (Lipinski definition) is 2. The summed E-state index contributed by atoms with van der Waals surface area (Å²) in [5, 5.41) is 5.59. The number of hydrogen-bond acceptors (Lipinski definition) is 3. The van der Waals surface area contributed by atoms with Crippen LogP contribution in [0.1, 0.15) is 29.9 Å². The number of halogens is 3. The van der Waals surface area contributed by atoms with E-state index in [0.717, 1.165) is 12.1 Å². The average Bonchev–Trinajstić information content (AvgIpc) is 2.46. The summed E-state index contributed by atoms with van der Waals surface area (Å²) in [4.78, 5) is 16.3. The Bertz CT molecular complexity index is 682. The van der Waals surface area contributed by atoms with Crippen LogP contribution in [0.3, 0.4) is 0 Å². The maximum absolute atomic E-state index is 12.5. The molecule has 0 aliphatic rings. The number of benzene rings is 1. The van der Waals surface area contributed by atoms with Gasteiger partial charge < -0.3 is 10.6 Å². The second-order valence-electron chi connectivity index (χ2n) is 5.24. The SMILES string of the molecule is CC(C)Nc1cccc(C(=O)Nc2ccc(C(F)(F)F)cc2)n1. The number of carbonyl (C=O) groups excluding carboxylic acids is 1. The molecule has 0 bridgehead atoms. The molecule has 1 aromatic carbocycles. The van der Waals surface area contributed by atoms with Crippen LogP contribution in [-0.2, 0) is 6.18 Å². The lowest BCUT2D eigenvalue weighted by molar-refractivity contribution is -0.137. The maximum atomic E-state index is 12.5. The molecule has 0 fully saturated rings. The number of amides is 1. The zero-order valence-corrected chi connectivity index (χ0v) is 12.6. The number of alkyl halides is 3. The lowest BCUT2D eigenvalue weighted by Gasteiger charge is -2.11. The molecule has 0 atom stereocenters. The molecule has 0 saturated carbocycles. The Balaban J connectivity index is 2.10. The average molecular weight is 323 g/mol. The van der Waals surface area contributed by atoms with E-state index in [9.17, 15) is 18.0 Å². The summed E-state index contributed by atoms with van der Waals surface area (Å²) in [7, 11) is 0. The summed E-state index contributed by atoms with van der Waals surface area (Å²) in [6.07, 6.45) is -4.40. The van der Waals surface area contributed by atoms with Crippen molar-refractivity contribution >= 4 is 17.4 Å². The van der Waals surface area contributed by atoms with E-state index in [0.29, 0.717) is 5.82 Å². The first kappa shape index (κ1) is 16.8. The quantitative estimate of drug-likeness (QED) is 0.888. The smallest absolute Gasteiger partial charge is 0.368 e. The third-order valence-corrected chi connectivity index (χ3v) is 2.89. The topological polar surface area (TPSA) is 54.0 Å². The van der Waals surface area contributed by atoms with Crippen LogP contribution in [-0.4, -0.2) is 16.9 Å². The van der Waals surface area contributed by atoms with Crippen LogP contribution >= 0.6 is 0 Å². The van der Waals surface area contributed by atoms with Crippen LogP contribution < -0.4 is 10.6 Å². The van der Waals surface area contributed by atoms with Crippen molar-refractivity contribution < 1.29 is 18.0 Å². The molecule has 2 N–H and O–H groups in total. The third kappa shape index (κ3) is 4.70. The van der Waals surface area contributed by atoms with E-state index in [1.807, 2.05) is 13.8 Å². The number of anilines is 2. The number of carbonyl (C=O) groups is 1. The highest BCUT2D eigenvalue weighted by Gasteiger charge is 2.30. The van der Waals surface area contributed by atoms with Gasteiger partial charge in [0.05, 0.1) is 5.56 Å². The molecule has 0 saturated heterocycles. The lowest BCUT2D eigenvalue weighted by Crippen LogP contribution is -2.16. The van der Waals surface area contributed by atoms with E-state index in [1.54, 1.807) is 12.1 Å². The fourth-order valence-electron chi connectivity index (χ4n) is 1.87. The lowest BCUT2D eigenvalue weighted by atomic mass is 10.2. The Morgan fingerprint density at radius 2 is 1.74 bits per heavy atom. The minimum absolute atomic E-state index is 0.163. The number of rotatable bonds is 4. The molecule has 0 spiro atoms. The van der Waals surface area contributed by atoms with Crippen molar-refractivity contribution in [3.63, 3.8) is 0 Å². The van der Waals surface area contributed by atoms with Crippen LogP contribution in [0.4, 0.5) is 24.7 Å². The van der Waals surface area contributed by atoms with Gasteiger partial charge in [-0.05, 0) is 50.2 Å². The molecule has 0 unspecified atom stereocenters. The van der Waals surface area contributed by atoms with Gasteiger partial charge in [0.2, 0.25) is 0 Å². The molecule has 1 heterocycles. The molecule has 2 aromatic rings. The monoisotopic (exact) mass is 323 g/mol. The van der Waals surface area contributed by atoms with Crippen molar-refractivity contribution in [1.82, 2.24) is 4.98 Å². The molecule has 4 nitrogen and oxygen atoms in total. The fraction of sp³-hybridized carbons (Fsp3) is 0.250. The highest BCUT2D eigenvalue weighted by Crippen LogP contribution is 2.29. The van der Waals surface area contributed by atoms with Gasteiger partial charge in [-0.1, -0.05) is 6.07 Å². The Kier molecular flexibility index (Phi) is 4.88. The van der Waals surface area contributed by atoms with E-state index in [4.69, 9.17) is 0 Å². The molecule has 23 heavy (non-hydrogen) atoms. The van der Waals surface area contributed by atoms with Gasteiger partial charge in [0.25, 0.3) is 5.91 Å². The van der Waals surface area contributed by atoms with Crippen LogP contribution in [0, 0.1) is 0 Å². The van der Waals surface area contributed by atoms with E-state index in [1.165, 1.54) is 18.2 Å². The minimum Gasteiger partial charge on any atom is -0.368 e. The van der Waals surface area contributed by atoms with Gasteiger partial charge in [0.15, 0.2) is 0 Å². The highest BCUT2D eigenvalue weighted by molar-refractivity contribution is 6.03. The number of nitrogens with one attached hydrogen (secondary N) is 2. The molecular weight excluding hydrogens is 307 g/mol. The summed E-state index contributed by atoms with van der Waals surface area (Å²) in [6, 6.07) is 9.35. The van der Waals surface area contributed by atoms with Crippen molar-refractivity contribution in [3.8, 4) is 0 Å². The third-order valence-electron chi connectivity index (χ3n) is 2.89. The Labute approximate surface area is 131 Å². The van der Waals surface area contributed by atoms with Crippen LogP contribution in [0.2, 0.25) is 0 Å². The van der Waals surface area contributed by atoms with Gasteiger partial charge in [0.1, 0.15) is 11.5 Å². The predicted molar refractivity (Wildman–Crippen MR) is 82.4 cm³/mol. The van der Waals surface area contributed by atoms with Gasteiger partial charge >= 0.3 is 6.18 Å². The van der Waals surface area contributed by atoms with E-state index < -0.39 is 17.6 Å². The Morgan fingerprint density at radius 3 is 2.30 bits per heavy atom. The van der Waals surface area contributed by atoms with Crippen molar-refractivity contribution in [1.29, 1.82) is 0 Å². The molecule has 0 aliphatic heterocycles. The molecular formula is C16H16F3N3O. The van der Waals surface area contributed by atoms with Gasteiger partial charge in [-0.3, -0.25) is 4.79 Å². The first-order chi connectivity index (χ1) is 10.8. The number of aromatic nitrogens is 1. The number of nitrogens with zero attached hydrogens (tertiary/aromatic N) is 1. The standard InChI is InChI=1S/C16H16F3N3O/c1-10(2)20-14-5-3-4-13(22-14)15(23)21-12-8-6-11(7-9-12)16(17,18)19/h3-10H,1-2H3,(H,20,22)(H,21,23). The molecule has 1 aromatic heterocycles. The van der Waals surface area contributed by atoms with Crippen LogP contribution in [0.25, 0.3) is 0 Å². The maximum Gasteiger partial charge on any atom is 0.416 e. The molecule has 122 valence electrons. The molecule has 0 radical (unpaired) electrons. The summed E-state index contributed by atoms with van der Waals surface area (Å²) < 4.78 is 37.5. The predicted octanol–water partition coefficient (Wildman–Crippen LogP) is 4.17. The second kappa shape index (κ2) is 6.68. The van der Waals surface area contributed by atoms with Crippen molar-refractivity contribution in [2.24, 2.45) is 0 Å². The highest BCUT2D eigenvalue weighted by atomic mass is 19.4. The molecule has 2 rings (SSSR count). The van der Waals surface area contributed by atoms with Crippen LogP contribution in [0.15, 0.2) is 42.5 Å². The Hall–Kier alpha value is -2.57. The van der Waals surface area contributed by atoms with Crippen LogP contribution in [0.5, 0.6) is 0 Å². The van der Waals surface area contributed by atoms with Crippen molar-refractivity contribution in [2.45, 2.75) is 26.1 Å². The molecule has 0 aliphatic carbocycles. The number of pyridine rings is 1. The molecule has 1 amide bonds. The molecule has 7 heteroatoms. The van der Waals surface area contributed by atoms with E-state index in [2.05, 4.69) is 15.6 Å². The minimum atomic E-state index is -4.40. The zero-order chi connectivity index (χ0) is 17.0. The first-order valence-corrected chi connectivity index (χ1v) is 6.98. The first-order valence-electron chi connectivity index (χ1n) is 6.98. The zero-order valence-electron chi connectivity index (χ0n) is 12.6. The van der Waals surface area contributed by atoms with E-state index >= 15 is 0 Å². The Morgan fingerprint density at radius 1 is 1.09 bits per heavy atom. The summed E-state index contributed by atoms with van der Waals surface area (Å²) in [5.74, 6) is 0.0669. The van der Waals surface area contributed by atoms with Gasteiger partial charge in [0, 0.05) is 11.7 Å². The van der Waals surface area contributed by atoms with Gasteiger partial charge in [-0.2, -0.15) is 13.2 Å². The summed E-state index contributed by atoms with van der Waals surface area (Å²) in [5.41, 5.74) is -0.320. The fourth-order valence-corrected chi connectivity index (χ4v) is 1.87. The van der Waals surface area contributed by atoms with Gasteiger partial charge in [-0.25, -0.2) is 4.98 Å². The second-order valence-corrected chi connectivity index (χ2v) is 5.24. The van der Waals surface area contributed by atoms with Gasteiger partial charge in [-0.15, -0.1) is 0 Å². The normalized spacial score (nSPS) is 11.4. The summed E-state index contributed by atoms with van der Waals surface area (Å²) >= 11 is 0. The van der Waals surface area contributed by atoms with Crippen molar-refractivity contribution in [3.05, 3.63) is 53.7 Å². The van der Waals surface area contributed by atoms with Crippen molar-refractivity contribution in [2.75, 3.05) is 10.6 Å².